The van der Waals surface area contributed by atoms with E-state index in [1.165, 1.54) is 35.2 Å². The number of hydrogen-bond donors (Lipinski definition) is 1. The summed E-state index contributed by atoms with van der Waals surface area (Å²) in [5.74, 6) is -1.16. The van der Waals surface area contributed by atoms with Gasteiger partial charge in [0.15, 0.2) is 0 Å². The van der Waals surface area contributed by atoms with E-state index in [9.17, 15) is 14.0 Å². The molecule has 0 radical (unpaired) electrons. The fraction of sp³-hybridized carbons (Fsp3) is 0.0800. The zero-order chi connectivity index (χ0) is 24.9. The lowest BCUT2D eigenvalue weighted by molar-refractivity contribution is 0.100. The monoisotopic (exact) mass is 489 g/mol. The normalized spacial score (nSPS) is 11.2. The molecule has 0 fully saturated rings. The highest BCUT2D eigenvalue weighted by atomic mass is 35.5. The third-order valence-electron chi connectivity index (χ3n) is 5.85. The van der Waals surface area contributed by atoms with Crippen LogP contribution in [0.2, 0.25) is 5.02 Å². The summed E-state index contributed by atoms with van der Waals surface area (Å²) in [5.41, 5.74) is 9.02. The molecule has 5 aromatic rings. The topological polar surface area (TPSA) is 117 Å². The quantitative estimate of drug-likeness (QED) is 0.396. The van der Waals surface area contributed by atoms with E-state index in [-0.39, 0.29) is 16.1 Å². The molecule has 0 saturated carbocycles. The average molecular weight is 490 g/mol. The second-order valence-electron chi connectivity index (χ2n) is 7.97. The highest BCUT2D eigenvalue weighted by Crippen LogP contribution is 2.37. The highest BCUT2D eigenvalue weighted by Gasteiger charge is 2.24. The number of nitrogens with two attached hydrogens (primary N) is 1. The van der Waals surface area contributed by atoms with Gasteiger partial charge in [0.1, 0.15) is 23.5 Å². The largest absolute Gasteiger partial charge is 0.366 e. The van der Waals surface area contributed by atoms with Crippen LogP contribution in [-0.4, -0.2) is 25.8 Å². The first-order valence-electron chi connectivity index (χ1n) is 10.4. The molecule has 3 heterocycles. The van der Waals surface area contributed by atoms with Gasteiger partial charge in [-0.15, -0.1) is 5.10 Å². The Morgan fingerprint density at radius 3 is 2.60 bits per heavy atom. The summed E-state index contributed by atoms with van der Waals surface area (Å²) in [6.07, 6.45) is 2.89. The van der Waals surface area contributed by atoms with Crippen LogP contribution in [0.5, 0.6) is 0 Å². The van der Waals surface area contributed by atoms with Crippen LogP contribution < -0.4 is 11.3 Å². The van der Waals surface area contributed by atoms with Crippen molar-refractivity contribution in [3.63, 3.8) is 0 Å². The van der Waals surface area contributed by atoms with Crippen molar-refractivity contribution in [1.29, 1.82) is 0 Å². The molecule has 0 aliphatic heterocycles. The molecule has 8 nitrogen and oxygen atoms in total. The molecular formula is C25H17ClFN5O3. The van der Waals surface area contributed by atoms with Crippen LogP contribution in [0, 0.1) is 12.7 Å². The van der Waals surface area contributed by atoms with Crippen molar-refractivity contribution < 1.29 is 13.7 Å². The van der Waals surface area contributed by atoms with Gasteiger partial charge in [-0.3, -0.25) is 9.59 Å². The summed E-state index contributed by atoms with van der Waals surface area (Å²) in [5, 5.41) is 13.0. The number of pyridine rings is 1. The van der Waals surface area contributed by atoms with Crippen molar-refractivity contribution >= 4 is 28.4 Å². The minimum atomic E-state index is -0.666. The lowest BCUT2D eigenvalue weighted by Gasteiger charge is -2.17. The van der Waals surface area contributed by atoms with Crippen LogP contribution in [0.1, 0.15) is 15.9 Å². The van der Waals surface area contributed by atoms with E-state index in [4.69, 9.17) is 21.9 Å². The van der Waals surface area contributed by atoms with E-state index < -0.39 is 11.7 Å². The standard InChI is InChI=1S/C25H17ClFN5O3/c1-12-3-5-16(24(28)33)21(19-7-8-35-31-19)20(12)17-9-13-11-29-30-22(23(13)32(2)25(17)34)15-6-4-14(27)10-18(15)26/h3-11H,1-2H3,(H2,28,33). The van der Waals surface area contributed by atoms with Gasteiger partial charge in [-0.05, 0) is 42.8 Å². The number of nitrogens with zero attached hydrogens (tertiary/aromatic N) is 4. The van der Waals surface area contributed by atoms with E-state index in [1.807, 2.05) is 6.92 Å². The second-order valence-corrected chi connectivity index (χ2v) is 8.38. The van der Waals surface area contributed by atoms with Crippen molar-refractivity contribution in [2.24, 2.45) is 12.8 Å². The Labute approximate surface area is 202 Å². The summed E-state index contributed by atoms with van der Waals surface area (Å²) < 4.78 is 20.1. The van der Waals surface area contributed by atoms with Crippen LogP contribution in [-0.2, 0) is 7.05 Å². The molecule has 0 bridgehead atoms. The minimum absolute atomic E-state index is 0.140. The molecule has 5 rings (SSSR count). The third kappa shape index (κ3) is 3.66. The maximum atomic E-state index is 13.7. The molecule has 0 aliphatic carbocycles. The minimum Gasteiger partial charge on any atom is -0.366 e. The van der Waals surface area contributed by atoms with Crippen LogP contribution in [0.15, 0.2) is 64.2 Å². The Bertz CT molecular complexity index is 1700. The molecule has 0 atom stereocenters. The number of rotatable bonds is 4. The number of fused-ring (bicyclic) bond motifs is 1. The van der Waals surface area contributed by atoms with Gasteiger partial charge in [-0.1, -0.05) is 22.8 Å². The molecule has 3 aromatic heterocycles. The van der Waals surface area contributed by atoms with Gasteiger partial charge in [-0.2, -0.15) is 5.10 Å². The van der Waals surface area contributed by atoms with Crippen molar-refractivity contribution in [3.8, 4) is 33.6 Å². The fourth-order valence-corrected chi connectivity index (χ4v) is 4.52. The Hall–Kier alpha value is -4.37. The van der Waals surface area contributed by atoms with Crippen LogP contribution in [0.25, 0.3) is 44.5 Å². The molecule has 0 spiro atoms. The molecule has 0 saturated heterocycles. The SMILES string of the molecule is Cc1ccc(C(N)=O)c(-c2ccon2)c1-c1cc2cnnc(-c3ccc(F)cc3Cl)c2n(C)c1=O. The second kappa shape index (κ2) is 8.44. The number of aryl methyl sites for hydroxylation is 2. The van der Waals surface area contributed by atoms with E-state index in [2.05, 4.69) is 15.4 Å². The van der Waals surface area contributed by atoms with Crippen LogP contribution >= 0.6 is 11.6 Å². The predicted molar refractivity (Wildman–Crippen MR) is 129 cm³/mol. The van der Waals surface area contributed by atoms with Gasteiger partial charge < -0.3 is 14.8 Å². The van der Waals surface area contributed by atoms with Crippen LogP contribution in [0.3, 0.4) is 0 Å². The van der Waals surface area contributed by atoms with Crippen molar-refractivity contribution in [1.82, 2.24) is 19.9 Å². The van der Waals surface area contributed by atoms with E-state index in [1.54, 1.807) is 31.3 Å². The number of benzene rings is 2. The average Bonchev–Trinajstić information content (AvgIpc) is 3.35. The summed E-state index contributed by atoms with van der Waals surface area (Å²) >= 11 is 6.27. The molecule has 2 N–H and O–H groups in total. The van der Waals surface area contributed by atoms with E-state index >= 15 is 0 Å². The fourth-order valence-electron chi connectivity index (χ4n) is 4.26. The van der Waals surface area contributed by atoms with Gasteiger partial charge in [-0.25, -0.2) is 4.39 Å². The van der Waals surface area contributed by atoms with E-state index in [0.29, 0.717) is 44.5 Å². The maximum absolute atomic E-state index is 13.7. The molecule has 10 heteroatoms. The predicted octanol–water partition coefficient (Wildman–Crippen LogP) is 4.52. The number of carbonyl (C=O) groups is 1. The Kier molecular flexibility index (Phi) is 5.41. The smallest absolute Gasteiger partial charge is 0.258 e. The molecule has 1 amide bonds. The Morgan fingerprint density at radius 2 is 1.91 bits per heavy atom. The van der Waals surface area contributed by atoms with Crippen LogP contribution in [0.4, 0.5) is 4.39 Å². The number of aromatic nitrogens is 4. The number of amides is 1. The van der Waals surface area contributed by atoms with Gasteiger partial charge in [0.05, 0.1) is 16.7 Å². The Balaban J connectivity index is 1.86. The summed E-state index contributed by atoms with van der Waals surface area (Å²) in [7, 11) is 1.60. The summed E-state index contributed by atoms with van der Waals surface area (Å²) in [4.78, 5) is 26.0. The van der Waals surface area contributed by atoms with Gasteiger partial charge >= 0.3 is 0 Å². The molecule has 0 unspecified atom stereocenters. The number of primary amides is 1. The molecule has 0 aliphatic rings. The molecule has 2 aromatic carbocycles. The number of carbonyl (C=O) groups excluding carboxylic acids is 1. The number of halogens is 2. The first-order valence-corrected chi connectivity index (χ1v) is 10.8. The van der Waals surface area contributed by atoms with Crippen molar-refractivity contribution in [3.05, 3.63) is 87.2 Å². The van der Waals surface area contributed by atoms with Gasteiger partial charge in [0.2, 0.25) is 5.91 Å². The summed E-state index contributed by atoms with van der Waals surface area (Å²) in [6.45, 7) is 1.82. The molecular weight excluding hydrogens is 473 g/mol. The zero-order valence-corrected chi connectivity index (χ0v) is 19.3. The van der Waals surface area contributed by atoms with Gasteiger partial charge in [0.25, 0.3) is 5.56 Å². The molecule has 35 heavy (non-hydrogen) atoms. The lowest BCUT2D eigenvalue weighted by Crippen LogP contribution is -2.21. The first-order chi connectivity index (χ1) is 16.8. The molecule has 174 valence electrons. The van der Waals surface area contributed by atoms with Crippen molar-refractivity contribution in [2.75, 3.05) is 0 Å². The van der Waals surface area contributed by atoms with E-state index in [0.717, 1.165) is 5.56 Å². The van der Waals surface area contributed by atoms with Crippen molar-refractivity contribution in [2.45, 2.75) is 6.92 Å². The van der Waals surface area contributed by atoms with Gasteiger partial charge in [0, 0.05) is 46.3 Å². The first kappa shape index (κ1) is 22.4. The highest BCUT2D eigenvalue weighted by molar-refractivity contribution is 6.33. The number of hydrogen-bond acceptors (Lipinski definition) is 6. The maximum Gasteiger partial charge on any atom is 0.258 e. The zero-order valence-electron chi connectivity index (χ0n) is 18.5. The third-order valence-corrected chi connectivity index (χ3v) is 6.16. The Morgan fingerprint density at radius 1 is 1.11 bits per heavy atom. The summed E-state index contributed by atoms with van der Waals surface area (Å²) in [6, 6.07) is 10.5. The lowest BCUT2D eigenvalue weighted by atomic mass is 9.89.